The zero-order chi connectivity index (χ0) is 25.1. The Bertz CT molecular complexity index is 1460. The molecule has 3 heterocycles. The van der Waals surface area contributed by atoms with Gasteiger partial charge in [0.05, 0.1) is 0 Å². The number of hydrogen-bond acceptors (Lipinski definition) is 7. The van der Waals surface area contributed by atoms with Gasteiger partial charge in [-0.25, -0.2) is 9.37 Å². The first-order valence-electron chi connectivity index (χ1n) is 12.4. The van der Waals surface area contributed by atoms with Gasteiger partial charge in [0.25, 0.3) is 0 Å². The van der Waals surface area contributed by atoms with Crippen molar-refractivity contribution in [2.45, 2.75) is 12.1 Å². The molecule has 0 atom stereocenters. The zero-order valence-corrected chi connectivity index (χ0v) is 21.1. The molecular weight excluding hydrogens is 455 g/mol. The number of phenolic OH excluding ortho intramolecular Hbond substituents is 1. The SMILES string of the molecule is CN(C)C1CN(c2nc(N3CC(N(C)C)C3)c3ccc(-c4cc(O)cc5ccccc45)c(F)c3n2)C1. The third-order valence-corrected chi connectivity index (χ3v) is 7.68. The highest BCUT2D eigenvalue weighted by Gasteiger charge is 2.34. The quantitative estimate of drug-likeness (QED) is 0.461. The molecule has 2 fully saturated rings. The molecule has 0 radical (unpaired) electrons. The number of aromatic nitrogens is 2. The molecule has 0 unspecified atom stereocenters. The minimum Gasteiger partial charge on any atom is -0.508 e. The van der Waals surface area contributed by atoms with Crippen molar-refractivity contribution in [2.24, 2.45) is 0 Å². The average Bonchev–Trinajstić information content (AvgIpc) is 2.76. The molecule has 2 aliphatic rings. The van der Waals surface area contributed by atoms with Gasteiger partial charge in [0.1, 0.15) is 17.1 Å². The number of likely N-dealkylation sites (N-methyl/N-ethyl adjacent to an activating group) is 2. The first-order valence-corrected chi connectivity index (χ1v) is 12.4. The van der Waals surface area contributed by atoms with E-state index >= 15 is 4.39 Å². The molecule has 1 aromatic heterocycles. The molecule has 7 nitrogen and oxygen atoms in total. The molecular formula is C28H31FN6O. The van der Waals surface area contributed by atoms with Crippen molar-refractivity contribution >= 4 is 33.4 Å². The van der Waals surface area contributed by atoms with Gasteiger partial charge in [-0.2, -0.15) is 4.98 Å². The molecule has 0 aliphatic carbocycles. The zero-order valence-electron chi connectivity index (χ0n) is 21.1. The van der Waals surface area contributed by atoms with Crippen LogP contribution in [0.3, 0.4) is 0 Å². The Kier molecular flexibility index (Phi) is 5.46. The lowest BCUT2D eigenvalue weighted by atomic mass is 9.96. The second kappa shape index (κ2) is 8.57. The van der Waals surface area contributed by atoms with Crippen molar-refractivity contribution in [1.82, 2.24) is 19.8 Å². The molecule has 8 heteroatoms. The van der Waals surface area contributed by atoms with Gasteiger partial charge in [0.2, 0.25) is 5.95 Å². The van der Waals surface area contributed by atoms with Crippen LogP contribution < -0.4 is 9.80 Å². The van der Waals surface area contributed by atoms with Crippen LogP contribution in [0.25, 0.3) is 32.8 Å². The Morgan fingerprint density at radius 3 is 2.17 bits per heavy atom. The summed E-state index contributed by atoms with van der Waals surface area (Å²) in [5.74, 6) is 1.08. The van der Waals surface area contributed by atoms with Gasteiger partial charge < -0.3 is 24.7 Å². The Morgan fingerprint density at radius 1 is 0.806 bits per heavy atom. The topological polar surface area (TPSA) is 59.0 Å². The third kappa shape index (κ3) is 3.72. The second-order valence-corrected chi connectivity index (χ2v) is 10.4. The molecule has 3 aromatic carbocycles. The van der Waals surface area contributed by atoms with E-state index < -0.39 is 0 Å². The molecule has 4 aromatic rings. The first kappa shape index (κ1) is 22.9. The fourth-order valence-electron chi connectivity index (χ4n) is 5.14. The van der Waals surface area contributed by atoms with Crippen LogP contribution in [0.15, 0.2) is 48.5 Å². The molecule has 36 heavy (non-hydrogen) atoms. The summed E-state index contributed by atoms with van der Waals surface area (Å²) in [6.45, 7) is 3.33. The average molecular weight is 487 g/mol. The predicted octanol–water partition coefficient (Wildman–Crippen LogP) is 3.80. The Balaban J connectivity index is 1.49. The molecule has 1 N–H and O–H groups in total. The number of rotatable bonds is 5. The van der Waals surface area contributed by atoms with Crippen LogP contribution in [0.4, 0.5) is 16.2 Å². The van der Waals surface area contributed by atoms with Crippen molar-refractivity contribution in [2.75, 3.05) is 64.2 Å². The van der Waals surface area contributed by atoms with Crippen LogP contribution in [0.2, 0.25) is 0 Å². The van der Waals surface area contributed by atoms with Crippen LogP contribution in [0.1, 0.15) is 0 Å². The third-order valence-electron chi connectivity index (χ3n) is 7.68. The lowest BCUT2D eigenvalue weighted by Crippen LogP contribution is -2.59. The van der Waals surface area contributed by atoms with Gasteiger partial charge in [-0.15, -0.1) is 0 Å². The first-order chi connectivity index (χ1) is 17.3. The summed E-state index contributed by atoms with van der Waals surface area (Å²) < 4.78 is 16.3. The van der Waals surface area contributed by atoms with E-state index in [2.05, 4.69) is 47.8 Å². The number of anilines is 2. The molecule has 6 rings (SSSR count). The molecule has 2 saturated heterocycles. The van der Waals surface area contributed by atoms with Crippen LogP contribution in [0.5, 0.6) is 5.75 Å². The lowest BCUT2D eigenvalue weighted by Gasteiger charge is -2.45. The molecule has 0 saturated carbocycles. The number of fused-ring (bicyclic) bond motifs is 2. The highest BCUT2D eigenvalue weighted by molar-refractivity contribution is 6.01. The van der Waals surface area contributed by atoms with E-state index in [-0.39, 0.29) is 11.6 Å². The van der Waals surface area contributed by atoms with E-state index in [1.807, 2.05) is 30.3 Å². The fraction of sp³-hybridized carbons (Fsp3) is 0.357. The van der Waals surface area contributed by atoms with E-state index in [4.69, 9.17) is 9.97 Å². The summed E-state index contributed by atoms with van der Waals surface area (Å²) in [6, 6.07) is 15.6. The Hall–Kier alpha value is -3.49. The number of halogens is 1. The maximum absolute atomic E-state index is 16.3. The van der Waals surface area contributed by atoms with Gasteiger partial charge in [-0.3, -0.25) is 0 Å². The number of nitrogens with zero attached hydrogens (tertiary/aromatic N) is 6. The fourth-order valence-corrected chi connectivity index (χ4v) is 5.14. The Morgan fingerprint density at radius 2 is 1.47 bits per heavy atom. The molecule has 0 spiro atoms. The van der Waals surface area contributed by atoms with E-state index in [0.717, 1.165) is 42.8 Å². The van der Waals surface area contributed by atoms with E-state index in [9.17, 15) is 5.11 Å². The molecule has 186 valence electrons. The van der Waals surface area contributed by atoms with Crippen molar-refractivity contribution in [1.29, 1.82) is 0 Å². The predicted molar refractivity (Wildman–Crippen MR) is 143 cm³/mol. The summed E-state index contributed by atoms with van der Waals surface area (Å²) in [7, 11) is 8.31. The van der Waals surface area contributed by atoms with Crippen molar-refractivity contribution in [3.8, 4) is 16.9 Å². The summed E-state index contributed by atoms with van der Waals surface area (Å²) in [5, 5.41) is 12.8. The summed E-state index contributed by atoms with van der Waals surface area (Å²) in [4.78, 5) is 18.4. The molecule has 0 bridgehead atoms. The maximum atomic E-state index is 16.3. The summed E-state index contributed by atoms with van der Waals surface area (Å²) >= 11 is 0. The molecule has 2 aliphatic heterocycles. The van der Waals surface area contributed by atoms with Gasteiger partial charge in [0.15, 0.2) is 5.82 Å². The minimum absolute atomic E-state index is 0.109. The van der Waals surface area contributed by atoms with E-state index in [1.165, 1.54) is 0 Å². The standard InChI is InChI=1S/C28H31FN6O/c1-32(2)18-13-34(14-18)27-23-10-9-22(24-12-20(36)11-17-7-5-6-8-21(17)24)25(29)26(23)30-28(31-27)35-15-19(16-35)33(3)4/h5-12,18-19,36H,13-16H2,1-4H3. The molecule has 0 amide bonds. The van der Waals surface area contributed by atoms with Crippen LogP contribution in [-0.2, 0) is 0 Å². The summed E-state index contributed by atoms with van der Waals surface area (Å²) in [6.07, 6.45) is 0. The summed E-state index contributed by atoms with van der Waals surface area (Å²) in [5.41, 5.74) is 1.40. The number of benzene rings is 3. The van der Waals surface area contributed by atoms with Crippen molar-refractivity contribution < 1.29 is 9.50 Å². The van der Waals surface area contributed by atoms with Crippen LogP contribution >= 0.6 is 0 Å². The second-order valence-electron chi connectivity index (χ2n) is 10.4. The van der Waals surface area contributed by atoms with Gasteiger partial charge in [0, 0.05) is 49.2 Å². The largest absolute Gasteiger partial charge is 0.508 e. The smallest absolute Gasteiger partial charge is 0.228 e. The Labute approximate surface area is 210 Å². The minimum atomic E-state index is -0.387. The number of aromatic hydroxyl groups is 1. The number of hydrogen-bond donors (Lipinski definition) is 1. The van der Waals surface area contributed by atoms with Crippen molar-refractivity contribution in [3.05, 3.63) is 54.3 Å². The lowest BCUT2D eigenvalue weighted by molar-refractivity contribution is 0.243. The number of phenols is 1. The maximum Gasteiger partial charge on any atom is 0.228 e. The van der Waals surface area contributed by atoms with Crippen LogP contribution in [-0.4, -0.2) is 91.3 Å². The van der Waals surface area contributed by atoms with E-state index in [1.54, 1.807) is 18.2 Å². The van der Waals surface area contributed by atoms with Gasteiger partial charge >= 0.3 is 0 Å². The normalized spacial score (nSPS) is 16.9. The van der Waals surface area contributed by atoms with Gasteiger partial charge in [-0.05, 0) is 62.7 Å². The highest BCUT2D eigenvalue weighted by Crippen LogP contribution is 2.39. The van der Waals surface area contributed by atoms with E-state index in [0.29, 0.717) is 40.1 Å². The monoisotopic (exact) mass is 486 g/mol. The van der Waals surface area contributed by atoms with Crippen LogP contribution in [0, 0.1) is 5.82 Å². The van der Waals surface area contributed by atoms with Crippen molar-refractivity contribution in [3.63, 3.8) is 0 Å². The highest BCUT2D eigenvalue weighted by atomic mass is 19.1. The van der Waals surface area contributed by atoms with Gasteiger partial charge in [-0.1, -0.05) is 30.3 Å².